The summed E-state index contributed by atoms with van der Waals surface area (Å²) in [6, 6.07) is 5.17. The van der Waals surface area contributed by atoms with Gasteiger partial charge in [0.1, 0.15) is 5.82 Å². The van der Waals surface area contributed by atoms with Gasteiger partial charge >= 0.3 is 0 Å². The minimum atomic E-state index is -0.137. The highest BCUT2D eigenvalue weighted by molar-refractivity contribution is 7.98. The number of benzene rings is 1. The second kappa shape index (κ2) is 7.11. The number of ketones is 1. The minimum Gasteiger partial charge on any atom is -0.372 e. The fourth-order valence-corrected chi connectivity index (χ4v) is 2.69. The van der Waals surface area contributed by atoms with Crippen molar-refractivity contribution >= 4 is 46.6 Å². The second-order valence-corrected chi connectivity index (χ2v) is 5.76. The zero-order valence-electron chi connectivity index (χ0n) is 11.5. The Morgan fingerprint density at radius 1 is 1.33 bits per heavy atom. The predicted octanol–water partition coefficient (Wildman–Crippen LogP) is 3.97. The molecule has 110 valence electrons. The summed E-state index contributed by atoms with van der Waals surface area (Å²) in [5, 5.41) is 4.47. The van der Waals surface area contributed by atoms with E-state index in [9.17, 15) is 4.79 Å². The summed E-state index contributed by atoms with van der Waals surface area (Å²) >= 11 is 13.6. The molecule has 21 heavy (non-hydrogen) atoms. The fourth-order valence-electron chi connectivity index (χ4n) is 1.82. The molecule has 2 aromatic rings. The molecule has 2 rings (SSSR count). The number of halogens is 2. The van der Waals surface area contributed by atoms with Gasteiger partial charge < -0.3 is 5.32 Å². The quantitative estimate of drug-likeness (QED) is 0.506. The van der Waals surface area contributed by atoms with Crippen LogP contribution in [0.15, 0.2) is 29.6 Å². The summed E-state index contributed by atoms with van der Waals surface area (Å²) in [6.45, 7) is 0. The van der Waals surface area contributed by atoms with Crippen molar-refractivity contribution in [3.8, 4) is 0 Å². The van der Waals surface area contributed by atoms with Crippen LogP contribution in [0.1, 0.15) is 15.9 Å². The highest BCUT2D eigenvalue weighted by atomic mass is 35.5. The Morgan fingerprint density at radius 2 is 2.00 bits per heavy atom. The van der Waals surface area contributed by atoms with Crippen molar-refractivity contribution in [2.24, 2.45) is 0 Å². The maximum absolute atomic E-state index is 12.5. The Morgan fingerprint density at radius 3 is 2.57 bits per heavy atom. The highest BCUT2D eigenvalue weighted by Gasteiger charge is 2.17. The van der Waals surface area contributed by atoms with Gasteiger partial charge in [-0.2, -0.15) is 0 Å². The molecule has 0 bridgehead atoms. The molecule has 0 spiro atoms. The summed E-state index contributed by atoms with van der Waals surface area (Å²) in [5.74, 6) is 0.365. The molecule has 1 aromatic carbocycles. The van der Waals surface area contributed by atoms with Crippen LogP contribution in [0.2, 0.25) is 10.0 Å². The van der Waals surface area contributed by atoms with Gasteiger partial charge in [0.25, 0.3) is 0 Å². The predicted molar refractivity (Wildman–Crippen MR) is 87.9 cm³/mol. The van der Waals surface area contributed by atoms with Crippen molar-refractivity contribution in [1.29, 1.82) is 0 Å². The summed E-state index contributed by atoms with van der Waals surface area (Å²) in [4.78, 5) is 20.9. The lowest BCUT2D eigenvalue weighted by Gasteiger charge is -2.09. The summed E-state index contributed by atoms with van der Waals surface area (Å²) < 4.78 is 0. The first-order valence-corrected chi connectivity index (χ1v) is 8.09. The number of hydrogen-bond donors (Lipinski definition) is 1. The van der Waals surface area contributed by atoms with Crippen molar-refractivity contribution in [3.63, 3.8) is 0 Å². The molecule has 1 aromatic heterocycles. The zero-order valence-corrected chi connectivity index (χ0v) is 13.8. The van der Waals surface area contributed by atoms with Crippen LogP contribution in [0.3, 0.4) is 0 Å². The van der Waals surface area contributed by atoms with E-state index in [0.717, 1.165) is 0 Å². The topological polar surface area (TPSA) is 54.9 Å². The largest absolute Gasteiger partial charge is 0.372 e. The molecule has 4 nitrogen and oxygen atoms in total. The van der Waals surface area contributed by atoms with Crippen molar-refractivity contribution in [1.82, 2.24) is 9.97 Å². The van der Waals surface area contributed by atoms with E-state index < -0.39 is 0 Å². The number of carbonyl (C=O) groups is 1. The van der Waals surface area contributed by atoms with Crippen LogP contribution in [0.5, 0.6) is 0 Å². The van der Waals surface area contributed by atoms with E-state index in [1.54, 1.807) is 25.2 Å². The van der Waals surface area contributed by atoms with E-state index in [4.69, 9.17) is 23.2 Å². The fraction of sp³-hybridized carbons (Fsp3) is 0.214. The van der Waals surface area contributed by atoms with E-state index in [1.165, 1.54) is 18.0 Å². The minimum absolute atomic E-state index is 0.106. The molecule has 1 N–H and O–H groups in total. The third kappa shape index (κ3) is 3.67. The van der Waals surface area contributed by atoms with Gasteiger partial charge in [0.15, 0.2) is 10.9 Å². The molecule has 0 aliphatic heterocycles. The second-order valence-electron chi connectivity index (χ2n) is 4.17. The molecule has 7 heteroatoms. The lowest BCUT2D eigenvalue weighted by Crippen LogP contribution is -2.10. The maximum Gasteiger partial charge on any atom is 0.189 e. The number of nitrogens with zero attached hydrogens (tertiary/aromatic N) is 2. The number of carbonyl (C=O) groups excluding carboxylic acids is 1. The van der Waals surface area contributed by atoms with E-state index >= 15 is 0 Å². The monoisotopic (exact) mass is 341 g/mol. The molecule has 0 saturated heterocycles. The number of hydrogen-bond acceptors (Lipinski definition) is 5. The number of anilines is 1. The molecule has 0 aliphatic rings. The first-order valence-electron chi connectivity index (χ1n) is 6.11. The average Bonchev–Trinajstić information content (AvgIpc) is 2.50. The van der Waals surface area contributed by atoms with Gasteiger partial charge in [0.2, 0.25) is 0 Å². The zero-order chi connectivity index (χ0) is 15.4. The van der Waals surface area contributed by atoms with Crippen LogP contribution in [-0.4, -0.2) is 29.1 Å². The standard InChI is InChI=1S/C14H13Cl2N3OS/c1-17-13-9(7-18-14(19-13)21-2)12(20)6-8-10(15)4-3-5-11(8)16/h3-5,7H,6H2,1-2H3,(H,17,18,19). The molecule has 0 amide bonds. The maximum atomic E-state index is 12.5. The van der Waals surface area contributed by atoms with Crippen LogP contribution >= 0.6 is 35.0 Å². The first kappa shape index (κ1) is 16.1. The Kier molecular flexibility index (Phi) is 5.45. The van der Waals surface area contributed by atoms with Crippen molar-refractivity contribution in [2.45, 2.75) is 11.6 Å². The smallest absolute Gasteiger partial charge is 0.189 e. The van der Waals surface area contributed by atoms with Crippen LogP contribution in [0.25, 0.3) is 0 Å². The molecule has 1 heterocycles. The van der Waals surface area contributed by atoms with Crippen LogP contribution in [0.4, 0.5) is 5.82 Å². The van der Waals surface area contributed by atoms with Gasteiger partial charge in [-0.05, 0) is 24.0 Å². The molecule has 0 unspecified atom stereocenters. The number of aromatic nitrogens is 2. The van der Waals surface area contributed by atoms with Crippen LogP contribution in [0, 0.1) is 0 Å². The van der Waals surface area contributed by atoms with Gasteiger partial charge in [0, 0.05) is 29.7 Å². The average molecular weight is 342 g/mol. The van der Waals surface area contributed by atoms with Gasteiger partial charge in [0.05, 0.1) is 5.56 Å². The van der Waals surface area contributed by atoms with Gasteiger partial charge in [-0.25, -0.2) is 9.97 Å². The molecule has 0 radical (unpaired) electrons. The van der Waals surface area contributed by atoms with Crippen molar-refractivity contribution in [2.75, 3.05) is 18.6 Å². The van der Waals surface area contributed by atoms with Crippen molar-refractivity contribution in [3.05, 3.63) is 45.6 Å². The van der Waals surface area contributed by atoms with Gasteiger partial charge in [-0.1, -0.05) is 41.0 Å². The lowest BCUT2D eigenvalue weighted by atomic mass is 10.0. The van der Waals surface area contributed by atoms with E-state index in [1.807, 2.05) is 6.26 Å². The normalized spacial score (nSPS) is 10.5. The number of thioether (sulfide) groups is 1. The van der Waals surface area contributed by atoms with E-state index in [0.29, 0.717) is 32.1 Å². The van der Waals surface area contributed by atoms with E-state index in [-0.39, 0.29) is 12.2 Å². The van der Waals surface area contributed by atoms with Gasteiger partial charge in [-0.3, -0.25) is 4.79 Å². The van der Waals surface area contributed by atoms with E-state index in [2.05, 4.69) is 15.3 Å². The third-order valence-corrected chi connectivity index (χ3v) is 4.16. The molecule has 0 atom stereocenters. The molecular formula is C14H13Cl2N3OS. The molecule has 0 aliphatic carbocycles. The number of rotatable bonds is 5. The number of Topliss-reactive ketones (excluding diaryl/α,β-unsaturated/α-hetero) is 1. The summed E-state index contributed by atoms with van der Waals surface area (Å²) in [5.41, 5.74) is 1.04. The van der Waals surface area contributed by atoms with Gasteiger partial charge in [-0.15, -0.1) is 0 Å². The summed E-state index contributed by atoms with van der Waals surface area (Å²) in [7, 11) is 1.71. The van der Waals surface area contributed by atoms with Crippen molar-refractivity contribution < 1.29 is 4.79 Å². The highest BCUT2D eigenvalue weighted by Crippen LogP contribution is 2.26. The number of nitrogens with one attached hydrogen (secondary N) is 1. The SMILES string of the molecule is CNc1nc(SC)ncc1C(=O)Cc1c(Cl)cccc1Cl. The summed E-state index contributed by atoms with van der Waals surface area (Å²) in [6.07, 6.45) is 3.51. The Hall–Kier alpha value is -1.30. The van der Waals surface area contributed by atoms with Crippen LogP contribution < -0.4 is 5.32 Å². The Labute approximate surface area is 137 Å². The lowest BCUT2D eigenvalue weighted by molar-refractivity contribution is 0.0993. The Bertz CT molecular complexity index is 659. The molecule has 0 fully saturated rings. The van der Waals surface area contributed by atoms with Crippen LogP contribution in [-0.2, 0) is 6.42 Å². The molecular weight excluding hydrogens is 329 g/mol. The first-order chi connectivity index (χ1) is 10.1. The third-order valence-electron chi connectivity index (χ3n) is 2.89. The molecule has 0 saturated carbocycles. The Balaban J connectivity index is 2.32.